The first-order chi connectivity index (χ1) is 7.74. The highest BCUT2D eigenvalue weighted by atomic mass is 16.5. The Balaban J connectivity index is 2.43. The summed E-state index contributed by atoms with van der Waals surface area (Å²) in [4.78, 5) is 11.9. The molecule has 0 aliphatic carbocycles. The lowest BCUT2D eigenvalue weighted by atomic mass is 10.1. The van der Waals surface area contributed by atoms with Gasteiger partial charge in [0.1, 0.15) is 18.1 Å². The summed E-state index contributed by atoms with van der Waals surface area (Å²) in [6.45, 7) is 0.377. The van der Waals surface area contributed by atoms with Gasteiger partial charge < -0.3 is 14.8 Å². The quantitative estimate of drug-likeness (QED) is 0.816. The Hall–Kier alpha value is -1.97. The van der Waals surface area contributed by atoms with Gasteiger partial charge in [0, 0.05) is 13.1 Å². The van der Waals surface area contributed by atoms with E-state index in [0.717, 1.165) is 5.70 Å². The van der Waals surface area contributed by atoms with Gasteiger partial charge in [-0.05, 0) is 18.2 Å². The zero-order chi connectivity index (χ0) is 11.5. The predicted octanol–water partition coefficient (Wildman–Crippen LogP) is 1.37. The Bertz CT molecular complexity index is 452. The molecule has 4 nitrogen and oxygen atoms in total. The lowest BCUT2D eigenvalue weighted by Gasteiger charge is -2.08. The molecule has 0 aromatic heterocycles. The molecule has 1 aliphatic rings. The summed E-state index contributed by atoms with van der Waals surface area (Å²) < 4.78 is 10.6. The molecule has 1 N–H and O–H groups in total. The van der Waals surface area contributed by atoms with Crippen molar-refractivity contribution < 1.29 is 14.3 Å². The first-order valence-electron chi connectivity index (χ1n) is 4.98. The van der Waals surface area contributed by atoms with Crippen molar-refractivity contribution in [2.45, 2.75) is 0 Å². The van der Waals surface area contributed by atoms with E-state index in [1.807, 2.05) is 0 Å². The third-order valence-electron chi connectivity index (χ3n) is 2.46. The van der Waals surface area contributed by atoms with Crippen molar-refractivity contribution in [1.82, 2.24) is 5.32 Å². The standard InChI is InChI=1S/C12H13NO3/c1-13-8-5-11(14)10-6-9(15-2)3-4-12(10)16-7-8/h3-6,13H,7H2,1-2H3. The van der Waals surface area contributed by atoms with Crippen LogP contribution in [0.25, 0.3) is 0 Å². The monoisotopic (exact) mass is 219 g/mol. The van der Waals surface area contributed by atoms with E-state index in [-0.39, 0.29) is 5.78 Å². The average Bonchev–Trinajstić information content (AvgIpc) is 2.48. The van der Waals surface area contributed by atoms with Crippen molar-refractivity contribution in [2.24, 2.45) is 0 Å². The molecule has 84 valence electrons. The zero-order valence-corrected chi connectivity index (χ0v) is 9.24. The van der Waals surface area contributed by atoms with E-state index in [2.05, 4.69) is 5.32 Å². The molecule has 0 unspecified atom stereocenters. The second-order valence-corrected chi connectivity index (χ2v) is 3.43. The highest BCUT2D eigenvalue weighted by Gasteiger charge is 2.16. The molecule has 1 aliphatic heterocycles. The maximum absolute atomic E-state index is 11.9. The van der Waals surface area contributed by atoms with Gasteiger partial charge in [-0.2, -0.15) is 0 Å². The topological polar surface area (TPSA) is 47.6 Å². The Labute approximate surface area is 93.9 Å². The van der Waals surface area contributed by atoms with Gasteiger partial charge in [-0.15, -0.1) is 0 Å². The molecule has 0 saturated carbocycles. The van der Waals surface area contributed by atoms with Crippen molar-refractivity contribution in [1.29, 1.82) is 0 Å². The summed E-state index contributed by atoms with van der Waals surface area (Å²) >= 11 is 0. The fourth-order valence-corrected chi connectivity index (χ4v) is 1.53. The van der Waals surface area contributed by atoms with Crippen LogP contribution in [0.2, 0.25) is 0 Å². The molecule has 0 bridgehead atoms. The van der Waals surface area contributed by atoms with Gasteiger partial charge in [0.25, 0.3) is 0 Å². The van der Waals surface area contributed by atoms with E-state index in [1.54, 1.807) is 38.4 Å². The van der Waals surface area contributed by atoms with Crippen molar-refractivity contribution >= 4 is 5.78 Å². The summed E-state index contributed by atoms with van der Waals surface area (Å²) in [6, 6.07) is 5.21. The van der Waals surface area contributed by atoms with E-state index in [9.17, 15) is 4.79 Å². The second-order valence-electron chi connectivity index (χ2n) is 3.43. The van der Waals surface area contributed by atoms with Crippen LogP contribution in [0.5, 0.6) is 11.5 Å². The van der Waals surface area contributed by atoms with Crippen LogP contribution < -0.4 is 14.8 Å². The molecule has 1 heterocycles. The number of likely N-dealkylation sites (N-methyl/N-ethyl adjacent to an activating group) is 1. The summed E-state index contributed by atoms with van der Waals surface area (Å²) in [5, 5.41) is 2.92. The van der Waals surface area contributed by atoms with Crippen LogP contribution in [0.4, 0.5) is 0 Å². The first kappa shape index (κ1) is 10.5. The number of carbonyl (C=O) groups excluding carboxylic acids is 1. The van der Waals surface area contributed by atoms with Crippen LogP contribution in [-0.2, 0) is 0 Å². The molecule has 2 rings (SSSR count). The molecule has 0 fully saturated rings. The minimum atomic E-state index is -0.0734. The van der Waals surface area contributed by atoms with Crippen molar-refractivity contribution in [2.75, 3.05) is 20.8 Å². The van der Waals surface area contributed by atoms with Gasteiger partial charge in [-0.25, -0.2) is 0 Å². The predicted molar refractivity (Wildman–Crippen MR) is 60.0 cm³/mol. The molecule has 1 aromatic carbocycles. The van der Waals surface area contributed by atoms with E-state index in [4.69, 9.17) is 9.47 Å². The summed E-state index contributed by atoms with van der Waals surface area (Å²) in [5.41, 5.74) is 1.30. The summed E-state index contributed by atoms with van der Waals surface area (Å²) in [5.74, 6) is 1.17. The van der Waals surface area contributed by atoms with Gasteiger partial charge in [-0.3, -0.25) is 4.79 Å². The third kappa shape index (κ3) is 1.86. The van der Waals surface area contributed by atoms with E-state index < -0.39 is 0 Å². The minimum absolute atomic E-state index is 0.0734. The third-order valence-corrected chi connectivity index (χ3v) is 2.46. The Morgan fingerprint density at radius 2 is 2.25 bits per heavy atom. The molecule has 0 radical (unpaired) electrons. The van der Waals surface area contributed by atoms with E-state index in [1.165, 1.54) is 0 Å². The Morgan fingerprint density at radius 3 is 2.94 bits per heavy atom. The van der Waals surface area contributed by atoms with E-state index in [0.29, 0.717) is 23.7 Å². The molecule has 0 atom stereocenters. The normalized spacial score (nSPS) is 14.4. The SMILES string of the molecule is CNC1=CC(=O)c2cc(OC)ccc2OC1. The Morgan fingerprint density at radius 1 is 1.44 bits per heavy atom. The maximum atomic E-state index is 11.9. The number of hydrogen-bond acceptors (Lipinski definition) is 4. The molecule has 16 heavy (non-hydrogen) atoms. The molecular weight excluding hydrogens is 206 g/mol. The second kappa shape index (κ2) is 4.26. The fourth-order valence-electron chi connectivity index (χ4n) is 1.53. The van der Waals surface area contributed by atoms with Crippen molar-refractivity contribution in [3.63, 3.8) is 0 Å². The van der Waals surface area contributed by atoms with Gasteiger partial charge in [-0.1, -0.05) is 0 Å². The number of hydrogen-bond donors (Lipinski definition) is 1. The molecule has 0 amide bonds. The number of ether oxygens (including phenoxy) is 2. The van der Waals surface area contributed by atoms with Crippen molar-refractivity contribution in [3.05, 3.63) is 35.5 Å². The van der Waals surface area contributed by atoms with Crippen molar-refractivity contribution in [3.8, 4) is 11.5 Å². The number of nitrogens with one attached hydrogen (secondary N) is 1. The number of methoxy groups -OCH3 is 1. The van der Waals surface area contributed by atoms with Crippen LogP contribution >= 0.6 is 0 Å². The minimum Gasteiger partial charge on any atom is -0.497 e. The summed E-state index contributed by atoms with van der Waals surface area (Å²) in [7, 11) is 3.33. The summed E-state index contributed by atoms with van der Waals surface area (Å²) in [6.07, 6.45) is 1.55. The number of ketones is 1. The first-order valence-corrected chi connectivity index (χ1v) is 4.98. The van der Waals surface area contributed by atoms with Crippen LogP contribution in [0.1, 0.15) is 10.4 Å². The Kier molecular flexibility index (Phi) is 2.81. The smallest absolute Gasteiger partial charge is 0.191 e. The van der Waals surface area contributed by atoms with Gasteiger partial charge in [0.2, 0.25) is 0 Å². The number of fused-ring (bicyclic) bond motifs is 1. The number of rotatable bonds is 2. The van der Waals surface area contributed by atoms with Gasteiger partial charge in [0.05, 0.1) is 18.4 Å². The molecule has 1 aromatic rings. The van der Waals surface area contributed by atoms with Gasteiger partial charge >= 0.3 is 0 Å². The highest BCUT2D eigenvalue weighted by Crippen LogP contribution is 2.27. The largest absolute Gasteiger partial charge is 0.497 e. The van der Waals surface area contributed by atoms with Gasteiger partial charge in [0.15, 0.2) is 5.78 Å². The van der Waals surface area contributed by atoms with Crippen LogP contribution in [0.3, 0.4) is 0 Å². The highest BCUT2D eigenvalue weighted by molar-refractivity contribution is 6.07. The molecule has 0 spiro atoms. The fraction of sp³-hybridized carbons (Fsp3) is 0.250. The van der Waals surface area contributed by atoms with Crippen LogP contribution in [0.15, 0.2) is 30.0 Å². The lowest BCUT2D eigenvalue weighted by Crippen LogP contribution is -2.13. The number of allylic oxidation sites excluding steroid dienone is 1. The van der Waals surface area contributed by atoms with Crippen LogP contribution in [0, 0.1) is 0 Å². The number of carbonyl (C=O) groups is 1. The molecular formula is C12H13NO3. The van der Waals surface area contributed by atoms with Crippen LogP contribution in [-0.4, -0.2) is 26.5 Å². The lowest BCUT2D eigenvalue weighted by molar-refractivity contribution is 0.104. The molecule has 4 heteroatoms. The molecule has 0 saturated heterocycles. The number of benzene rings is 1. The zero-order valence-electron chi connectivity index (χ0n) is 9.24. The maximum Gasteiger partial charge on any atom is 0.191 e. The van der Waals surface area contributed by atoms with E-state index >= 15 is 0 Å². The average molecular weight is 219 g/mol.